The van der Waals surface area contributed by atoms with Crippen LogP contribution in [0.1, 0.15) is 24.8 Å². The molecular weight excluding hydrogens is 277 g/mol. The van der Waals surface area contributed by atoms with E-state index in [0.29, 0.717) is 5.75 Å². The summed E-state index contributed by atoms with van der Waals surface area (Å²) in [5, 5.41) is 9.14. The van der Waals surface area contributed by atoms with Crippen LogP contribution in [0.5, 0.6) is 5.75 Å². The number of esters is 1. The van der Waals surface area contributed by atoms with Crippen LogP contribution in [0.3, 0.4) is 0 Å². The Labute approximate surface area is 122 Å². The molecule has 21 heavy (non-hydrogen) atoms. The van der Waals surface area contributed by atoms with Crippen molar-refractivity contribution < 1.29 is 23.5 Å². The summed E-state index contributed by atoms with van der Waals surface area (Å²) in [5.74, 6) is -3.38. The summed E-state index contributed by atoms with van der Waals surface area (Å²) in [7, 11) is 2.59. The SMILES string of the molecule is COC(=O)CC(c1ccc(OC)cc1F)C(C#N)C(C)=O. The molecule has 1 aromatic carbocycles. The number of benzene rings is 1. The maximum Gasteiger partial charge on any atom is 0.306 e. The molecule has 0 saturated heterocycles. The Balaban J connectivity index is 3.26. The molecule has 0 heterocycles. The maximum absolute atomic E-state index is 14.1. The lowest BCUT2D eigenvalue weighted by atomic mass is 9.82. The van der Waals surface area contributed by atoms with Crippen molar-refractivity contribution in [2.45, 2.75) is 19.3 Å². The number of hydrogen-bond donors (Lipinski definition) is 0. The van der Waals surface area contributed by atoms with Crippen molar-refractivity contribution in [3.8, 4) is 11.8 Å². The van der Waals surface area contributed by atoms with E-state index in [1.54, 1.807) is 0 Å². The van der Waals surface area contributed by atoms with Crippen LogP contribution >= 0.6 is 0 Å². The van der Waals surface area contributed by atoms with Crippen molar-refractivity contribution in [2.24, 2.45) is 5.92 Å². The monoisotopic (exact) mass is 293 g/mol. The molecule has 0 aliphatic carbocycles. The Morgan fingerprint density at radius 1 is 1.38 bits per heavy atom. The molecule has 0 bridgehead atoms. The van der Waals surface area contributed by atoms with Gasteiger partial charge in [-0.1, -0.05) is 6.07 Å². The maximum atomic E-state index is 14.1. The summed E-state index contributed by atoms with van der Waals surface area (Å²) in [4.78, 5) is 23.1. The van der Waals surface area contributed by atoms with Crippen LogP contribution in [0.15, 0.2) is 18.2 Å². The van der Waals surface area contributed by atoms with Gasteiger partial charge in [0, 0.05) is 12.0 Å². The fourth-order valence-corrected chi connectivity index (χ4v) is 2.07. The number of carbonyl (C=O) groups is 2. The van der Waals surface area contributed by atoms with Crippen molar-refractivity contribution in [3.05, 3.63) is 29.6 Å². The van der Waals surface area contributed by atoms with Crippen molar-refractivity contribution in [1.82, 2.24) is 0 Å². The van der Waals surface area contributed by atoms with Gasteiger partial charge in [0.1, 0.15) is 23.3 Å². The summed E-state index contributed by atoms with van der Waals surface area (Å²) >= 11 is 0. The van der Waals surface area contributed by atoms with Crippen LogP contribution < -0.4 is 4.74 Å². The van der Waals surface area contributed by atoms with Crippen LogP contribution in [0.2, 0.25) is 0 Å². The van der Waals surface area contributed by atoms with Crippen molar-refractivity contribution in [2.75, 3.05) is 14.2 Å². The smallest absolute Gasteiger partial charge is 0.306 e. The van der Waals surface area contributed by atoms with E-state index >= 15 is 0 Å². The molecule has 0 amide bonds. The Morgan fingerprint density at radius 3 is 2.48 bits per heavy atom. The molecular formula is C15H16FNO4. The number of nitrogens with zero attached hydrogens (tertiary/aromatic N) is 1. The molecule has 2 unspecified atom stereocenters. The van der Waals surface area contributed by atoms with Gasteiger partial charge in [-0.3, -0.25) is 9.59 Å². The van der Waals surface area contributed by atoms with Crippen molar-refractivity contribution >= 4 is 11.8 Å². The predicted octanol–water partition coefficient (Wildman–Crippen LogP) is 2.21. The average molecular weight is 293 g/mol. The van der Waals surface area contributed by atoms with Crippen LogP contribution in [0, 0.1) is 23.1 Å². The van der Waals surface area contributed by atoms with Gasteiger partial charge in [-0.2, -0.15) is 5.26 Å². The molecule has 6 heteroatoms. The lowest BCUT2D eigenvalue weighted by Gasteiger charge is -2.20. The molecule has 0 radical (unpaired) electrons. The highest BCUT2D eigenvalue weighted by Gasteiger charge is 2.31. The fourth-order valence-electron chi connectivity index (χ4n) is 2.07. The zero-order valence-corrected chi connectivity index (χ0v) is 12.1. The Bertz CT molecular complexity index is 580. The molecule has 0 aliphatic rings. The Morgan fingerprint density at radius 2 is 2.05 bits per heavy atom. The number of halogens is 1. The third-order valence-corrected chi connectivity index (χ3v) is 3.20. The normalized spacial score (nSPS) is 12.9. The van der Waals surface area contributed by atoms with Crippen molar-refractivity contribution in [3.63, 3.8) is 0 Å². The van der Waals surface area contributed by atoms with Gasteiger partial charge in [0.15, 0.2) is 0 Å². The lowest BCUT2D eigenvalue weighted by molar-refractivity contribution is -0.141. The minimum absolute atomic E-state index is 0.114. The number of rotatable bonds is 6. The number of ether oxygens (including phenoxy) is 2. The first-order valence-electron chi connectivity index (χ1n) is 6.24. The van der Waals surface area contributed by atoms with Gasteiger partial charge < -0.3 is 9.47 Å². The van der Waals surface area contributed by atoms with E-state index in [-0.39, 0.29) is 12.0 Å². The van der Waals surface area contributed by atoms with E-state index in [0.717, 1.165) is 6.07 Å². The molecule has 0 spiro atoms. The van der Waals surface area contributed by atoms with Gasteiger partial charge in [-0.15, -0.1) is 0 Å². The van der Waals surface area contributed by atoms with Crippen molar-refractivity contribution in [1.29, 1.82) is 5.26 Å². The minimum Gasteiger partial charge on any atom is -0.497 e. The summed E-state index contributed by atoms with van der Waals surface area (Å²) in [6.07, 6.45) is -0.252. The Hall–Kier alpha value is -2.42. The van der Waals surface area contributed by atoms with E-state index in [1.165, 1.54) is 33.3 Å². The van der Waals surface area contributed by atoms with E-state index in [9.17, 15) is 14.0 Å². The third-order valence-electron chi connectivity index (χ3n) is 3.20. The first kappa shape index (κ1) is 16.6. The van der Waals surface area contributed by atoms with Gasteiger partial charge in [0.25, 0.3) is 0 Å². The molecule has 1 aromatic rings. The molecule has 0 aliphatic heterocycles. The molecule has 0 fully saturated rings. The largest absolute Gasteiger partial charge is 0.497 e. The van der Waals surface area contributed by atoms with Gasteiger partial charge in [-0.25, -0.2) is 4.39 Å². The summed E-state index contributed by atoms with van der Waals surface area (Å²) in [6, 6.07) is 5.90. The van der Waals surface area contributed by atoms with E-state index in [1.807, 2.05) is 6.07 Å². The van der Waals surface area contributed by atoms with E-state index < -0.39 is 29.4 Å². The van der Waals surface area contributed by atoms with Crippen LogP contribution in [-0.2, 0) is 14.3 Å². The second kappa shape index (κ2) is 7.39. The number of Topliss-reactive ketones (excluding diaryl/α,β-unsaturated/α-hetero) is 1. The average Bonchev–Trinajstić information content (AvgIpc) is 2.46. The number of carbonyl (C=O) groups excluding carboxylic acids is 2. The number of nitriles is 1. The van der Waals surface area contributed by atoms with Crippen LogP contribution in [0.25, 0.3) is 0 Å². The zero-order chi connectivity index (χ0) is 16.0. The van der Waals surface area contributed by atoms with Gasteiger partial charge in [0.05, 0.1) is 26.7 Å². The van der Waals surface area contributed by atoms with Gasteiger partial charge >= 0.3 is 5.97 Å². The van der Waals surface area contributed by atoms with E-state index in [4.69, 9.17) is 10.00 Å². The fraction of sp³-hybridized carbons (Fsp3) is 0.400. The second-order valence-electron chi connectivity index (χ2n) is 4.49. The first-order chi connectivity index (χ1) is 9.94. The lowest BCUT2D eigenvalue weighted by Crippen LogP contribution is -2.23. The molecule has 2 atom stereocenters. The van der Waals surface area contributed by atoms with E-state index in [2.05, 4.69) is 4.74 Å². The summed E-state index contributed by atoms with van der Waals surface area (Å²) < 4.78 is 23.6. The first-order valence-corrected chi connectivity index (χ1v) is 6.24. The van der Waals surface area contributed by atoms with Crippen LogP contribution in [0.4, 0.5) is 4.39 Å². The van der Waals surface area contributed by atoms with Crippen LogP contribution in [-0.4, -0.2) is 26.0 Å². The number of ketones is 1. The number of methoxy groups -OCH3 is 2. The zero-order valence-electron chi connectivity index (χ0n) is 12.1. The highest BCUT2D eigenvalue weighted by atomic mass is 19.1. The van der Waals surface area contributed by atoms with Gasteiger partial charge in [0.2, 0.25) is 0 Å². The second-order valence-corrected chi connectivity index (χ2v) is 4.49. The summed E-state index contributed by atoms with van der Waals surface area (Å²) in [5.41, 5.74) is 0.114. The number of hydrogen-bond acceptors (Lipinski definition) is 5. The predicted molar refractivity (Wildman–Crippen MR) is 72.1 cm³/mol. The molecule has 112 valence electrons. The summed E-state index contributed by atoms with van der Waals surface area (Å²) in [6.45, 7) is 1.24. The molecule has 0 aromatic heterocycles. The van der Waals surface area contributed by atoms with Gasteiger partial charge in [-0.05, 0) is 18.6 Å². The topological polar surface area (TPSA) is 76.4 Å². The highest BCUT2D eigenvalue weighted by molar-refractivity contribution is 5.83. The standard InChI is InChI=1S/C15H16FNO4/c1-9(18)13(8-17)12(7-15(19)21-3)11-5-4-10(20-2)6-14(11)16/h4-6,12-13H,7H2,1-3H3. The Kier molecular flexibility index (Phi) is 5.85. The quantitative estimate of drug-likeness (QED) is 0.752. The molecule has 0 saturated carbocycles. The molecule has 0 N–H and O–H groups in total. The minimum atomic E-state index is -1.12. The molecule has 5 nitrogen and oxygen atoms in total. The third kappa shape index (κ3) is 4.02. The highest BCUT2D eigenvalue weighted by Crippen LogP contribution is 2.32. The molecule has 1 rings (SSSR count).